The first-order chi connectivity index (χ1) is 13.4. The summed E-state index contributed by atoms with van der Waals surface area (Å²) in [7, 11) is -2.16. The molecule has 0 heterocycles. The van der Waals surface area contributed by atoms with E-state index in [1.165, 1.54) is 5.56 Å². The highest BCUT2D eigenvalue weighted by Crippen LogP contribution is 2.69. The minimum atomic E-state index is -2.16. The summed E-state index contributed by atoms with van der Waals surface area (Å²) >= 11 is 0. The Hall–Kier alpha value is -2.52. The highest BCUT2D eigenvalue weighted by atomic mass is 32.3. The topological polar surface area (TPSA) is 26.3 Å². The molecule has 2 nitrogen and oxygen atoms in total. The maximum absolute atomic E-state index is 12.6. The number of hydrogen-bond acceptors (Lipinski definition) is 2. The molecular formula is C25H28O2S. The van der Waals surface area contributed by atoms with Crippen molar-refractivity contribution >= 4 is 16.3 Å². The number of carbonyl (C=O) groups excluding carboxylic acids is 1. The van der Waals surface area contributed by atoms with Crippen LogP contribution in [0, 0.1) is 0 Å². The summed E-state index contributed by atoms with van der Waals surface area (Å²) in [6.07, 6.45) is 0.342. The average molecular weight is 393 g/mol. The van der Waals surface area contributed by atoms with Crippen LogP contribution in [0.2, 0.25) is 0 Å². The molecule has 0 aliphatic carbocycles. The fourth-order valence-corrected chi connectivity index (χ4v) is 6.22. The first kappa shape index (κ1) is 20.2. The third-order valence-electron chi connectivity index (χ3n) is 4.71. The maximum Gasteiger partial charge on any atom is 0.316 e. The fourth-order valence-electron chi connectivity index (χ4n) is 3.12. The van der Waals surface area contributed by atoms with Gasteiger partial charge in [-0.15, -0.1) is 0 Å². The van der Waals surface area contributed by atoms with Crippen LogP contribution in [0.25, 0.3) is 0 Å². The van der Waals surface area contributed by atoms with Crippen LogP contribution < -0.4 is 0 Å². The molecule has 0 N–H and O–H groups in total. The van der Waals surface area contributed by atoms with Crippen LogP contribution in [-0.4, -0.2) is 5.97 Å². The van der Waals surface area contributed by atoms with Gasteiger partial charge in [0.2, 0.25) is 0 Å². The Labute approximate surface area is 170 Å². The van der Waals surface area contributed by atoms with E-state index >= 15 is 0 Å². The quantitative estimate of drug-likeness (QED) is 0.461. The largest absolute Gasteiger partial charge is 0.402 e. The summed E-state index contributed by atoms with van der Waals surface area (Å²) in [5, 5.41) is 0. The van der Waals surface area contributed by atoms with Crippen molar-refractivity contribution in [2.45, 2.75) is 54.2 Å². The van der Waals surface area contributed by atoms with Crippen molar-refractivity contribution in [3.05, 3.63) is 90.5 Å². The molecule has 0 aromatic heterocycles. The van der Waals surface area contributed by atoms with Crippen LogP contribution >= 0.6 is 10.3 Å². The summed E-state index contributed by atoms with van der Waals surface area (Å²) in [6, 6.07) is 28.8. The van der Waals surface area contributed by atoms with Gasteiger partial charge in [0.25, 0.3) is 0 Å². The lowest BCUT2D eigenvalue weighted by Crippen LogP contribution is -2.14. The SMILES string of the molecule is CCC(=O)OS(c1ccccc1)(c1ccccc1)c1ccc(C(C)(C)C)cc1. The van der Waals surface area contributed by atoms with Gasteiger partial charge < -0.3 is 4.18 Å². The van der Waals surface area contributed by atoms with E-state index in [0.717, 1.165) is 14.7 Å². The standard InChI is InChI=1S/C25H28O2S/c1-5-24(26)27-28(21-12-8-6-9-13-21,22-14-10-7-11-15-22)23-18-16-20(17-19-23)25(2,3)4/h6-19H,5H2,1-4H3. The smallest absolute Gasteiger partial charge is 0.316 e. The van der Waals surface area contributed by atoms with Gasteiger partial charge in [-0.2, -0.15) is 0 Å². The highest BCUT2D eigenvalue weighted by Gasteiger charge is 2.35. The van der Waals surface area contributed by atoms with Crippen LogP contribution in [0.15, 0.2) is 99.6 Å². The Morgan fingerprint density at radius 1 is 0.750 bits per heavy atom. The number of carbonyl (C=O) groups is 1. The number of hydrogen-bond donors (Lipinski definition) is 0. The second kappa shape index (κ2) is 8.24. The molecule has 0 fully saturated rings. The molecule has 0 aliphatic rings. The van der Waals surface area contributed by atoms with E-state index in [2.05, 4.69) is 69.3 Å². The fraction of sp³-hybridized carbons (Fsp3) is 0.240. The van der Waals surface area contributed by atoms with Crippen molar-refractivity contribution in [1.82, 2.24) is 0 Å². The Balaban J connectivity index is 2.27. The average Bonchev–Trinajstić information content (AvgIpc) is 2.72. The first-order valence-electron chi connectivity index (χ1n) is 9.64. The summed E-state index contributed by atoms with van der Waals surface area (Å²) in [4.78, 5) is 15.6. The second-order valence-electron chi connectivity index (χ2n) is 7.77. The molecule has 0 spiro atoms. The minimum Gasteiger partial charge on any atom is -0.402 e. The monoisotopic (exact) mass is 392 g/mol. The van der Waals surface area contributed by atoms with Crippen molar-refractivity contribution in [2.75, 3.05) is 0 Å². The summed E-state index contributed by atoms with van der Waals surface area (Å²) in [6.45, 7) is 8.44. The van der Waals surface area contributed by atoms with Crippen molar-refractivity contribution in [2.24, 2.45) is 0 Å². The Morgan fingerprint density at radius 3 is 1.57 bits per heavy atom. The van der Waals surface area contributed by atoms with Gasteiger partial charge >= 0.3 is 5.97 Å². The van der Waals surface area contributed by atoms with E-state index in [0.29, 0.717) is 6.42 Å². The van der Waals surface area contributed by atoms with E-state index in [9.17, 15) is 4.79 Å². The van der Waals surface area contributed by atoms with E-state index < -0.39 is 10.3 Å². The van der Waals surface area contributed by atoms with Crippen molar-refractivity contribution < 1.29 is 8.98 Å². The molecule has 0 amide bonds. The molecule has 3 aromatic rings. The zero-order chi connectivity index (χ0) is 20.2. The molecule has 3 heteroatoms. The molecule has 3 aromatic carbocycles. The zero-order valence-electron chi connectivity index (χ0n) is 17.0. The predicted molar refractivity (Wildman–Crippen MR) is 117 cm³/mol. The third kappa shape index (κ3) is 4.00. The molecule has 0 aliphatic heterocycles. The van der Waals surface area contributed by atoms with E-state index in [1.54, 1.807) is 0 Å². The van der Waals surface area contributed by atoms with Crippen LogP contribution in [0.5, 0.6) is 0 Å². The lowest BCUT2D eigenvalue weighted by Gasteiger charge is -2.40. The molecule has 146 valence electrons. The van der Waals surface area contributed by atoms with E-state index in [-0.39, 0.29) is 11.4 Å². The van der Waals surface area contributed by atoms with Gasteiger partial charge in [0.15, 0.2) is 0 Å². The normalized spacial score (nSPS) is 12.4. The van der Waals surface area contributed by atoms with Gasteiger partial charge in [0, 0.05) is 21.1 Å². The van der Waals surface area contributed by atoms with Crippen molar-refractivity contribution in [3.8, 4) is 0 Å². The summed E-state index contributed by atoms with van der Waals surface area (Å²) in [5.41, 5.74) is 1.32. The molecule has 3 rings (SSSR count). The predicted octanol–water partition coefficient (Wildman–Crippen LogP) is 7.13. The van der Waals surface area contributed by atoms with Gasteiger partial charge in [-0.25, -0.2) is 0 Å². The van der Waals surface area contributed by atoms with Crippen molar-refractivity contribution in [1.29, 1.82) is 0 Å². The van der Waals surface area contributed by atoms with Gasteiger partial charge in [0.1, 0.15) is 0 Å². The molecule has 0 atom stereocenters. The Bertz CT molecular complexity index is 871. The first-order valence-corrected chi connectivity index (χ1v) is 11.2. The van der Waals surface area contributed by atoms with Crippen LogP contribution in [0.3, 0.4) is 0 Å². The van der Waals surface area contributed by atoms with E-state index in [1.807, 2.05) is 43.3 Å². The van der Waals surface area contributed by atoms with Crippen LogP contribution in [0.1, 0.15) is 39.7 Å². The van der Waals surface area contributed by atoms with E-state index in [4.69, 9.17) is 4.18 Å². The van der Waals surface area contributed by atoms with Gasteiger partial charge in [0.05, 0.1) is 0 Å². The highest BCUT2D eigenvalue weighted by molar-refractivity contribution is 8.30. The van der Waals surface area contributed by atoms with Gasteiger partial charge in [-0.05, 0) is 57.7 Å². The van der Waals surface area contributed by atoms with Gasteiger partial charge in [-0.3, -0.25) is 4.79 Å². The molecule has 28 heavy (non-hydrogen) atoms. The Kier molecular flexibility index (Phi) is 5.95. The van der Waals surface area contributed by atoms with Gasteiger partial charge in [-0.1, -0.05) is 76.2 Å². The lowest BCUT2D eigenvalue weighted by atomic mass is 9.87. The molecule has 0 radical (unpaired) electrons. The third-order valence-corrected chi connectivity index (χ3v) is 7.95. The molecule has 0 saturated heterocycles. The number of rotatable bonds is 5. The molecule has 0 bridgehead atoms. The molecular weight excluding hydrogens is 364 g/mol. The lowest BCUT2D eigenvalue weighted by molar-refractivity contribution is -0.133. The molecule has 0 unspecified atom stereocenters. The summed E-state index contributed by atoms with van der Waals surface area (Å²) in [5.74, 6) is -0.192. The van der Waals surface area contributed by atoms with Crippen LogP contribution in [-0.2, 0) is 14.4 Å². The minimum absolute atomic E-state index is 0.0656. The Morgan fingerprint density at radius 2 is 1.18 bits per heavy atom. The summed E-state index contributed by atoms with van der Waals surface area (Å²) < 4.78 is 6.32. The maximum atomic E-state index is 12.6. The van der Waals surface area contributed by atoms with Crippen LogP contribution in [0.4, 0.5) is 0 Å². The number of benzene rings is 3. The second-order valence-corrected chi connectivity index (χ2v) is 10.5. The zero-order valence-corrected chi connectivity index (χ0v) is 17.8. The van der Waals surface area contributed by atoms with Crippen molar-refractivity contribution in [3.63, 3.8) is 0 Å². The molecule has 0 saturated carbocycles.